The van der Waals surface area contributed by atoms with Gasteiger partial charge in [0, 0.05) is 6.04 Å². The van der Waals surface area contributed by atoms with Gasteiger partial charge in [0.2, 0.25) is 0 Å². The van der Waals surface area contributed by atoms with Crippen LogP contribution < -0.4 is 5.32 Å². The van der Waals surface area contributed by atoms with Crippen molar-refractivity contribution in [2.75, 3.05) is 26.7 Å². The Labute approximate surface area is 117 Å². The summed E-state index contributed by atoms with van der Waals surface area (Å²) in [6, 6.07) is 7.13. The SMILES string of the molecule is CCCCN(CC)CCC(NC)c1cccc(F)c1. The zero-order valence-electron chi connectivity index (χ0n) is 12.5. The van der Waals surface area contributed by atoms with Crippen LogP contribution in [0.3, 0.4) is 0 Å². The van der Waals surface area contributed by atoms with Crippen LogP contribution in [0.15, 0.2) is 24.3 Å². The van der Waals surface area contributed by atoms with E-state index >= 15 is 0 Å². The first-order valence-electron chi connectivity index (χ1n) is 7.36. The van der Waals surface area contributed by atoms with Crippen LogP contribution in [0, 0.1) is 5.82 Å². The van der Waals surface area contributed by atoms with Gasteiger partial charge in [0.05, 0.1) is 0 Å². The van der Waals surface area contributed by atoms with E-state index in [2.05, 4.69) is 24.1 Å². The Morgan fingerprint density at radius 3 is 2.63 bits per heavy atom. The van der Waals surface area contributed by atoms with Crippen molar-refractivity contribution in [2.24, 2.45) is 0 Å². The lowest BCUT2D eigenvalue weighted by atomic mass is 10.0. The van der Waals surface area contributed by atoms with Crippen molar-refractivity contribution in [1.29, 1.82) is 0 Å². The number of halogens is 1. The Morgan fingerprint density at radius 1 is 1.26 bits per heavy atom. The van der Waals surface area contributed by atoms with Crippen LogP contribution in [-0.4, -0.2) is 31.6 Å². The number of hydrogen-bond donors (Lipinski definition) is 1. The van der Waals surface area contributed by atoms with Gasteiger partial charge in [0.15, 0.2) is 0 Å². The lowest BCUT2D eigenvalue weighted by molar-refractivity contribution is 0.267. The summed E-state index contributed by atoms with van der Waals surface area (Å²) in [5.74, 6) is -0.156. The fourth-order valence-electron chi connectivity index (χ4n) is 2.32. The zero-order chi connectivity index (χ0) is 14.1. The Morgan fingerprint density at radius 2 is 2.05 bits per heavy atom. The summed E-state index contributed by atoms with van der Waals surface area (Å²) < 4.78 is 13.3. The molecule has 1 atom stereocenters. The maximum absolute atomic E-state index is 13.3. The molecule has 1 unspecified atom stereocenters. The highest BCUT2D eigenvalue weighted by Gasteiger charge is 2.11. The molecule has 0 aliphatic carbocycles. The molecule has 0 saturated heterocycles. The van der Waals surface area contributed by atoms with Gasteiger partial charge in [-0.3, -0.25) is 0 Å². The minimum Gasteiger partial charge on any atom is -0.313 e. The molecule has 1 N–H and O–H groups in total. The molecule has 19 heavy (non-hydrogen) atoms. The van der Waals surface area contributed by atoms with E-state index in [1.165, 1.54) is 18.9 Å². The molecule has 108 valence electrons. The number of hydrogen-bond acceptors (Lipinski definition) is 2. The van der Waals surface area contributed by atoms with E-state index in [1.807, 2.05) is 13.1 Å². The standard InChI is InChI=1S/C16H27FN2/c1-4-6-11-19(5-2)12-10-16(18-3)14-8-7-9-15(17)13-14/h7-9,13,16,18H,4-6,10-12H2,1-3H3. The fourth-order valence-corrected chi connectivity index (χ4v) is 2.32. The van der Waals surface area contributed by atoms with Gasteiger partial charge in [0.1, 0.15) is 5.82 Å². The normalized spacial score (nSPS) is 12.9. The van der Waals surface area contributed by atoms with Crippen molar-refractivity contribution in [2.45, 2.75) is 39.2 Å². The molecule has 1 aromatic carbocycles. The van der Waals surface area contributed by atoms with Crippen LogP contribution in [0.25, 0.3) is 0 Å². The maximum atomic E-state index is 13.3. The molecule has 0 bridgehead atoms. The molecule has 0 amide bonds. The second kappa shape index (κ2) is 9.05. The minimum absolute atomic E-state index is 0.156. The fraction of sp³-hybridized carbons (Fsp3) is 0.625. The second-order valence-electron chi connectivity index (χ2n) is 4.97. The van der Waals surface area contributed by atoms with Crippen molar-refractivity contribution in [3.63, 3.8) is 0 Å². The van der Waals surface area contributed by atoms with Crippen LogP contribution in [-0.2, 0) is 0 Å². The van der Waals surface area contributed by atoms with Gasteiger partial charge in [-0.25, -0.2) is 4.39 Å². The van der Waals surface area contributed by atoms with Crippen molar-refractivity contribution in [3.8, 4) is 0 Å². The Hall–Kier alpha value is -0.930. The van der Waals surface area contributed by atoms with Gasteiger partial charge < -0.3 is 10.2 Å². The van der Waals surface area contributed by atoms with Crippen LogP contribution in [0.1, 0.15) is 44.7 Å². The first kappa shape index (κ1) is 16.1. The van der Waals surface area contributed by atoms with E-state index in [0.717, 1.165) is 31.6 Å². The van der Waals surface area contributed by atoms with Crippen molar-refractivity contribution < 1.29 is 4.39 Å². The molecule has 0 spiro atoms. The summed E-state index contributed by atoms with van der Waals surface area (Å²) in [6.45, 7) is 7.72. The monoisotopic (exact) mass is 266 g/mol. The van der Waals surface area contributed by atoms with Gasteiger partial charge in [-0.2, -0.15) is 0 Å². The molecule has 0 fully saturated rings. The topological polar surface area (TPSA) is 15.3 Å². The molecule has 1 aromatic rings. The summed E-state index contributed by atoms with van der Waals surface area (Å²) in [6.07, 6.45) is 3.49. The van der Waals surface area contributed by atoms with Gasteiger partial charge in [-0.05, 0) is 57.2 Å². The molecule has 0 aliphatic heterocycles. The molecular weight excluding hydrogens is 239 g/mol. The van der Waals surface area contributed by atoms with E-state index in [1.54, 1.807) is 12.1 Å². The summed E-state index contributed by atoms with van der Waals surface area (Å²) in [4.78, 5) is 2.47. The van der Waals surface area contributed by atoms with Crippen molar-refractivity contribution >= 4 is 0 Å². The van der Waals surface area contributed by atoms with Crippen LogP contribution in [0.5, 0.6) is 0 Å². The summed E-state index contributed by atoms with van der Waals surface area (Å²) in [7, 11) is 1.94. The first-order valence-corrected chi connectivity index (χ1v) is 7.36. The third-order valence-corrected chi connectivity index (χ3v) is 3.61. The average molecular weight is 266 g/mol. The Balaban J connectivity index is 2.52. The third-order valence-electron chi connectivity index (χ3n) is 3.61. The number of rotatable bonds is 9. The third kappa shape index (κ3) is 5.70. The lowest BCUT2D eigenvalue weighted by Crippen LogP contribution is -2.29. The van der Waals surface area contributed by atoms with Gasteiger partial charge >= 0.3 is 0 Å². The maximum Gasteiger partial charge on any atom is 0.123 e. The highest BCUT2D eigenvalue weighted by molar-refractivity contribution is 5.20. The Kier molecular flexibility index (Phi) is 7.68. The van der Waals surface area contributed by atoms with Crippen LogP contribution >= 0.6 is 0 Å². The van der Waals surface area contributed by atoms with E-state index in [9.17, 15) is 4.39 Å². The molecule has 2 nitrogen and oxygen atoms in total. The summed E-state index contributed by atoms with van der Waals surface area (Å²) >= 11 is 0. The molecule has 1 rings (SSSR count). The minimum atomic E-state index is -0.156. The number of unbranched alkanes of at least 4 members (excludes halogenated alkanes) is 1. The first-order chi connectivity index (χ1) is 9.21. The van der Waals surface area contributed by atoms with Crippen LogP contribution in [0.2, 0.25) is 0 Å². The number of benzene rings is 1. The molecule has 0 saturated carbocycles. The second-order valence-corrected chi connectivity index (χ2v) is 4.97. The molecule has 0 aromatic heterocycles. The largest absolute Gasteiger partial charge is 0.313 e. The van der Waals surface area contributed by atoms with Gasteiger partial charge in [0.25, 0.3) is 0 Å². The number of nitrogens with zero attached hydrogens (tertiary/aromatic N) is 1. The highest BCUT2D eigenvalue weighted by Crippen LogP contribution is 2.17. The van der Waals surface area contributed by atoms with E-state index < -0.39 is 0 Å². The zero-order valence-corrected chi connectivity index (χ0v) is 12.5. The van der Waals surface area contributed by atoms with Crippen LogP contribution in [0.4, 0.5) is 4.39 Å². The van der Waals surface area contributed by atoms with E-state index in [-0.39, 0.29) is 11.9 Å². The van der Waals surface area contributed by atoms with Gasteiger partial charge in [-0.15, -0.1) is 0 Å². The molecule has 0 heterocycles. The molecular formula is C16H27FN2. The highest BCUT2D eigenvalue weighted by atomic mass is 19.1. The molecule has 0 radical (unpaired) electrons. The summed E-state index contributed by atoms with van der Waals surface area (Å²) in [5.41, 5.74) is 1.04. The van der Waals surface area contributed by atoms with E-state index in [0.29, 0.717) is 0 Å². The molecule has 0 aliphatic rings. The summed E-state index contributed by atoms with van der Waals surface area (Å²) in [5, 5.41) is 3.29. The predicted octanol–water partition coefficient (Wildman–Crippen LogP) is 3.60. The van der Waals surface area contributed by atoms with E-state index in [4.69, 9.17) is 0 Å². The van der Waals surface area contributed by atoms with Crippen molar-refractivity contribution in [3.05, 3.63) is 35.6 Å². The predicted molar refractivity (Wildman–Crippen MR) is 79.8 cm³/mol. The molecule has 3 heteroatoms. The average Bonchev–Trinajstić information content (AvgIpc) is 2.43. The lowest BCUT2D eigenvalue weighted by Gasteiger charge is -2.24. The number of nitrogens with one attached hydrogen (secondary N) is 1. The Bertz CT molecular complexity index is 354. The van der Waals surface area contributed by atoms with Crippen molar-refractivity contribution in [1.82, 2.24) is 10.2 Å². The quantitative estimate of drug-likeness (QED) is 0.734. The van der Waals surface area contributed by atoms with Gasteiger partial charge in [-0.1, -0.05) is 32.4 Å². The smallest absolute Gasteiger partial charge is 0.123 e.